The molecule has 0 aromatic heterocycles. The van der Waals surface area contributed by atoms with Crippen molar-refractivity contribution in [1.82, 2.24) is 14.7 Å². The van der Waals surface area contributed by atoms with Gasteiger partial charge in [-0.2, -0.15) is 0 Å². The first kappa shape index (κ1) is 22.0. The first-order valence-electron chi connectivity index (χ1n) is 8.77. The second kappa shape index (κ2) is 9.62. The Balaban J connectivity index is 3.34. The molecule has 0 radical (unpaired) electrons. The highest BCUT2D eigenvalue weighted by Crippen LogP contribution is 2.28. The summed E-state index contributed by atoms with van der Waals surface area (Å²) >= 11 is 0. The lowest BCUT2D eigenvalue weighted by atomic mass is 9.89. The van der Waals surface area contributed by atoms with E-state index in [4.69, 9.17) is 0 Å². The minimum absolute atomic E-state index is 0.191. The lowest BCUT2D eigenvalue weighted by molar-refractivity contribution is -0.324. The van der Waals surface area contributed by atoms with E-state index < -0.39 is 5.97 Å². The number of aliphatic hydroxyl groups is 3. The number of rotatable bonds is 10. The van der Waals surface area contributed by atoms with Crippen LogP contribution in [0.25, 0.3) is 0 Å². The Morgan fingerprint density at radius 3 is 1.56 bits per heavy atom. The molecule has 144 valence electrons. The zero-order valence-corrected chi connectivity index (χ0v) is 16.6. The van der Waals surface area contributed by atoms with E-state index in [1.54, 1.807) is 6.07 Å². The molecule has 0 unspecified atom stereocenters. The van der Waals surface area contributed by atoms with Gasteiger partial charge in [0.05, 0.1) is 0 Å². The van der Waals surface area contributed by atoms with Gasteiger partial charge < -0.3 is 30.0 Å². The maximum atomic E-state index is 9.82. The Labute approximate surface area is 152 Å². The van der Waals surface area contributed by atoms with Crippen LogP contribution in [0.15, 0.2) is 12.1 Å². The van der Waals surface area contributed by atoms with Crippen LogP contribution in [-0.4, -0.2) is 91.9 Å². The quantitative estimate of drug-likeness (QED) is 0.518. The number of hydrogen-bond acceptors (Lipinski definition) is 6. The van der Waals surface area contributed by atoms with E-state index in [0.717, 1.165) is 43.6 Å². The molecular weight excluding hydrogens is 318 g/mol. The van der Waals surface area contributed by atoms with Gasteiger partial charge in [-0.15, -0.1) is 0 Å². The second-order valence-electron chi connectivity index (χ2n) is 7.52. The maximum Gasteiger partial charge on any atom is 0.304 e. The summed E-state index contributed by atoms with van der Waals surface area (Å²) in [6.45, 7) is 2.56. The third kappa shape index (κ3) is 7.40. The van der Waals surface area contributed by atoms with Gasteiger partial charge in [-0.05, 0) is 78.2 Å². The van der Waals surface area contributed by atoms with Crippen molar-refractivity contribution in [3.8, 4) is 0 Å². The SMILES string of the molecule is CN(C)CCc1ccc(C(O)(O)O)c(CCN(C)C)c1CCN(C)C. The van der Waals surface area contributed by atoms with Gasteiger partial charge in [0.25, 0.3) is 0 Å². The van der Waals surface area contributed by atoms with Crippen molar-refractivity contribution in [3.05, 3.63) is 34.4 Å². The van der Waals surface area contributed by atoms with E-state index in [2.05, 4.69) is 14.7 Å². The Hall–Kier alpha value is -1.02. The molecule has 0 fully saturated rings. The van der Waals surface area contributed by atoms with Crippen LogP contribution >= 0.6 is 0 Å². The molecule has 6 heteroatoms. The van der Waals surface area contributed by atoms with Gasteiger partial charge in [0.1, 0.15) is 0 Å². The fourth-order valence-corrected chi connectivity index (χ4v) is 2.90. The van der Waals surface area contributed by atoms with Crippen LogP contribution in [0.5, 0.6) is 0 Å². The van der Waals surface area contributed by atoms with E-state index in [9.17, 15) is 15.3 Å². The summed E-state index contributed by atoms with van der Waals surface area (Å²) in [5.74, 6) is -2.81. The van der Waals surface area contributed by atoms with E-state index in [1.807, 2.05) is 48.4 Å². The molecule has 0 atom stereocenters. The van der Waals surface area contributed by atoms with Crippen LogP contribution in [0.3, 0.4) is 0 Å². The zero-order chi connectivity index (χ0) is 19.2. The highest BCUT2D eigenvalue weighted by Gasteiger charge is 2.28. The van der Waals surface area contributed by atoms with Crippen LogP contribution in [0.2, 0.25) is 0 Å². The summed E-state index contributed by atoms with van der Waals surface area (Å²) in [4.78, 5) is 6.31. The van der Waals surface area contributed by atoms with Gasteiger partial charge in [0.15, 0.2) is 0 Å². The summed E-state index contributed by atoms with van der Waals surface area (Å²) in [5.41, 5.74) is 3.37. The van der Waals surface area contributed by atoms with Crippen LogP contribution in [-0.2, 0) is 25.2 Å². The van der Waals surface area contributed by atoms with Gasteiger partial charge in [-0.25, -0.2) is 0 Å². The smallest absolute Gasteiger partial charge is 0.304 e. The zero-order valence-electron chi connectivity index (χ0n) is 16.6. The van der Waals surface area contributed by atoms with Gasteiger partial charge >= 0.3 is 5.97 Å². The van der Waals surface area contributed by atoms with Crippen LogP contribution < -0.4 is 0 Å². The third-order valence-electron chi connectivity index (χ3n) is 4.34. The molecule has 25 heavy (non-hydrogen) atoms. The molecule has 3 N–H and O–H groups in total. The minimum Gasteiger partial charge on any atom is -0.340 e. The largest absolute Gasteiger partial charge is 0.340 e. The van der Waals surface area contributed by atoms with Crippen molar-refractivity contribution in [2.24, 2.45) is 0 Å². The molecular formula is C19H35N3O3. The summed E-state index contributed by atoms with van der Waals surface area (Å²) in [7, 11) is 12.1. The molecule has 1 rings (SSSR count). The van der Waals surface area contributed by atoms with Crippen molar-refractivity contribution >= 4 is 0 Å². The maximum absolute atomic E-state index is 9.82. The molecule has 1 aromatic carbocycles. The second-order valence-corrected chi connectivity index (χ2v) is 7.52. The summed E-state index contributed by atoms with van der Waals surface area (Å²) in [6.07, 6.45) is 2.35. The molecule has 0 heterocycles. The number of likely N-dealkylation sites (N-methyl/N-ethyl adjacent to an activating group) is 3. The van der Waals surface area contributed by atoms with Crippen molar-refractivity contribution < 1.29 is 15.3 Å². The van der Waals surface area contributed by atoms with Crippen molar-refractivity contribution in [3.63, 3.8) is 0 Å². The van der Waals surface area contributed by atoms with E-state index in [-0.39, 0.29) is 5.56 Å². The Bertz CT molecular complexity index is 537. The van der Waals surface area contributed by atoms with Crippen LogP contribution in [0, 0.1) is 0 Å². The molecule has 0 spiro atoms. The normalized spacial score (nSPS) is 12.6. The molecule has 0 aliphatic rings. The monoisotopic (exact) mass is 353 g/mol. The third-order valence-corrected chi connectivity index (χ3v) is 4.34. The number of benzene rings is 1. The van der Waals surface area contributed by atoms with Gasteiger partial charge in [-0.3, -0.25) is 0 Å². The number of hydrogen-bond donors (Lipinski definition) is 3. The average Bonchev–Trinajstić information content (AvgIpc) is 2.47. The predicted molar refractivity (Wildman–Crippen MR) is 102 cm³/mol. The van der Waals surface area contributed by atoms with Crippen molar-refractivity contribution in [2.45, 2.75) is 25.2 Å². The molecule has 0 saturated heterocycles. The average molecular weight is 354 g/mol. The highest BCUT2D eigenvalue weighted by atomic mass is 16.7. The molecule has 0 amide bonds. The van der Waals surface area contributed by atoms with Gasteiger partial charge in [0.2, 0.25) is 0 Å². The van der Waals surface area contributed by atoms with Crippen molar-refractivity contribution in [1.29, 1.82) is 0 Å². The number of nitrogens with zero attached hydrogens (tertiary/aromatic N) is 3. The Kier molecular flexibility index (Phi) is 8.47. The lowest BCUT2D eigenvalue weighted by Crippen LogP contribution is -2.29. The Morgan fingerprint density at radius 2 is 1.12 bits per heavy atom. The fourth-order valence-electron chi connectivity index (χ4n) is 2.90. The first-order chi connectivity index (χ1) is 11.5. The Morgan fingerprint density at radius 1 is 0.680 bits per heavy atom. The van der Waals surface area contributed by atoms with E-state index in [1.165, 1.54) is 5.56 Å². The molecule has 0 saturated carbocycles. The minimum atomic E-state index is -2.81. The molecule has 0 aliphatic heterocycles. The van der Waals surface area contributed by atoms with E-state index >= 15 is 0 Å². The molecule has 1 aromatic rings. The topological polar surface area (TPSA) is 70.4 Å². The molecule has 6 nitrogen and oxygen atoms in total. The standard InChI is InChI=1S/C19H35N3O3/c1-20(2)12-9-15-7-8-18(19(23,24)25)17(11-14-22(5)6)16(15)10-13-21(3)4/h7-8,23-25H,9-14H2,1-6H3. The predicted octanol–water partition coefficient (Wildman–Crippen LogP) is 0.0861. The summed E-state index contributed by atoms with van der Waals surface area (Å²) in [6, 6.07) is 3.57. The highest BCUT2D eigenvalue weighted by molar-refractivity contribution is 5.43. The molecule has 0 aliphatic carbocycles. The van der Waals surface area contributed by atoms with Crippen LogP contribution in [0.4, 0.5) is 0 Å². The summed E-state index contributed by atoms with van der Waals surface area (Å²) in [5, 5.41) is 29.5. The first-order valence-corrected chi connectivity index (χ1v) is 8.77. The molecule has 0 bridgehead atoms. The lowest BCUT2D eigenvalue weighted by Gasteiger charge is -2.25. The summed E-state index contributed by atoms with van der Waals surface area (Å²) < 4.78 is 0. The fraction of sp³-hybridized carbons (Fsp3) is 0.684. The van der Waals surface area contributed by atoms with Crippen LogP contribution in [0.1, 0.15) is 22.3 Å². The van der Waals surface area contributed by atoms with E-state index in [0.29, 0.717) is 6.42 Å². The van der Waals surface area contributed by atoms with Gasteiger partial charge in [0, 0.05) is 25.2 Å². The van der Waals surface area contributed by atoms with Gasteiger partial charge in [-0.1, -0.05) is 12.1 Å². The van der Waals surface area contributed by atoms with Crippen molar-refractivity contribution in [2.75, 3.05) is 61.9 Å².